The SMILES string of the molecule is O=C(CCc1cc(Cl)no1)N[C@@H]1CCCN(c2ccccn2)C1. The van der Waals surface area contributed by atoms with Crippen molar-refractivity contribution < 1.29 is 9.32 Å². The van der Waals surface area contributed by atoms with E-state index in [2.05, 4.69) is 20.4 Å². The first kappa shape index (κ1) is 15.8. The second-order valence-electron chi connectivity index (χ2n) is 5.66. The summed E-state index contributed by atoms with van der Waals surface area (Å²) in [6.07, 6.45) is 4.69. The second-order valence-corrected chi connectivity index (χ2v) is 6.04. The predicted octanol–water partition coefficient (Wildman–Crippen LogP) is 2.44. The third-order valence-corrected chi connectivity index (χ3v) is 4.07. The van der Waals surface area contributed by atoms with Gasteiger partial charge < -0.3 is 14.7 Å². The normalized spacial score (nSPS) is 18.0. The quantitative estimate of drug-likeness (QED) is 0.909. The second kappa shape index (κ2) is 7.46. The first-order valence-electron chi connectivity index (χ1n) is 7.77. The number of piperidine rings is 1. The predicted molar refractivity (Wildman–Crippen MR) is 87.4 cm³/mol. The number of hydrogen-bond acceptors (Lipinski definition) is 5. The van der Waals surface area contributed by atoms with Crippen molar-refractivity contribution in [3.63, 3.8) is 0 Å². The Bertz CT molecular complexity index is 647. The molecule has 1 fully saturated rings. The maximum atomic E-state index is 12.1. The summed E-state index contributed by atoms with van der Waals surface area (Å²) in [4.78, 5) is 18.7. The van der Waals surface area contributed by atoms with Crippen molar-refractivity contribution in [1.82, 2.24) is 15.5 Å². The molecule has 0 unspecified atom stereocenters. The van der Waals surface area contributed by atoms with Crippen molar-refractivity contribution in [1.29, 1.82) is 0 Å². The number of anilines is 1. The van der Waals surface area contributed by atoms with Gasteiger partial charge >= 0.3 is 0 Å². The molecule has 0 saturated carbocycles. The standard InChI is InChI=1S/C16H19ClN4O2/c17-14-10-13(23-20-14)6-7-16(22)19-12-4-3-9-21(11-12)15-5-1-2-8-18-15/h1-2,5,8,10,12H,3-4,6-7,9,11H2,(H,19,22)/t12-/m1/s1. The summed E-state index contributed by atoms with van der Waals surface area (Å²) in [5.41, 5.74) is 0. The number of pyridine rings is 1. The third kappa shape index (κ3) is 4.45. The van der Waals surface area contributed by atoms with Crippen LogP contribution in [0, 0.1) is 0 Å². The van der Waals surface area contributed by atoms with Gasteiger partial charge in [-0.25, -0.2) is 4.98 Å². The minimum Gasteiger partial charge on any atom is -0.360 e. The molecule has 1 atom stereocenters. The van der Waals surface area contributed by atoms with E-state index in [1.54, 1.807) is 12.3 Å². The van der Waals surface area contributed by atoms with Gasteiger partial charge in [-0.15, -0.1) is 0 Å². The van der Waals surface area contributed by atoms with E-state index in [0.717, 1.165) is 31.7 Å². The smallest absolute Gasteiger partial charge is 0.220 e. The van der Waals surface area contributed by atoms with Gasteiger partial charge in [-0.3, -0.25) is 4.79 Å². The maximum Gasteiger partial charge on any atom is 0.220 e. The molecule has 0 spiro atoms. The molecule has 2 aromatic heterocycles. The van der Waals surface area contributed by atoms with Crippen molar-refractivity contribution in [2.24, 2.45) is 0 Å². The Balaban J connectivity index is 1.48. The fourth-order valence-corrected chi connectivity index (χ4v) is 2.94. The van der Waals surface area contributed by atoms with E-state index in [-0.39, 0.29) is 11.9 Å². The molecule has 1 N–H and O–H groups in total. The lowest BCUT2D eigenvalue weighted by molar-refractivity contribution is -0.121. The van der Waals surface area contributed by atoms with Gasteiger partial charge in [0.15, 0.2) is 5.15 Å². The first-order valence-corrected chi connectivity index (χ1v) is 8.15. The van der Waals surface area contributed by atoms with Crippen LogP contribution < -0.4 is 10.2 Å². The van der Waals surface area contributed by atoms with Crippen LogP contribution in [-0.2, 0) is 11.2 Å². The molecule has 0 aliphatic carbocycles. The van der Waals surface area contributed by atoms with Crippen LogP contribution in [0.2, 0.25) is 5.15 Å². The van der Waals surface area contributed by atoms with Gasteiger partial charge in [-0.05, 0) is 25.0 Å². The summed E-state index contributed by atoms with van der Waals surface area (Å²) < 4.78 is 5.00. The van der Waals surface area contributed by atoms with Crippen LogP contribution in [-0.4, -0.2) is 35.2 Å². The fourth-order valence-electron chi connectivity index (χ4n) is 2.79. The van der Waals surface area contributed by atoms with Crippen LogP contribution in [0.1, 0.15) is 25.0 Å². The van der Waals surface area contributed by atoms with Crippen molar-refractivity contribution in [2.45, 2.75) is 31.7 Å². The molecule has 3 heterocycles. The molecule has 2 aromatic rings. The Hall–Kier alpha value is -2.08. The highest BCUT2D eigenvalue weighted by Gasteiger charge is 2.22. The molecule has 122 valence electrons. The summed E-state index contributed by atoms with van der Waals surface area (Å²) in [6, 6.07) is 7.67. The molecule has 1 amide bonds. The maximum absolute atomic E-state index is 12.1. The topological polar surface area (TPSA) is 71.3 Å². The molecular weight excluding hydrogens is 316 g/mol. The highest BCUT2D eigenvalue weighted by Crippen LogP contribution is 2.17. The fraction of sp³-hybridized carbons (Fsp3) is 0.438. The molecule has 7 heteroatoms. The number of aromatic nitrogens is 2. The van der Waals surface area contributed by atoms with Gasteiger partial charge in [-0.2, -0.15) is 0 Å². The number of rotatable bonds is 5. The van der Waals surface area contributed by atoms with Gasteiger partial charge in [0, 0.05) is 44.2 Å². The molecule has 1 aliphatic rings. The minimum absolute atomic E-state index is 0.0189. The van der Waals surface area contributed by atoms with Crippen molar-refractivity contribution in [2.75, 3.05) is 18.0 Å². The van der Waals surface area contributed by atoms with E-state index in [4.69, 9.17) is 16.1 Å². The van der Waals surface area contributed by atoms with Crippen LogP contribution >= 0.6 is 11.6 Å². The van der Waals surface area contributed by atoms with E-state index in [0.29, 0.717) is 23.8 Å². The average Bonchev–Trinajstić information content (AvgIpc) is 3.00. The van der Waals surface area contributed by atoms with Gasteiger partial charge in [0.25, 0.3) is 0 Å². The lowest BCUT2D eigenvalue weighted by Crippen LogP contribution is -2.48. The third-order valence-electron chi connectivity index (χ3n) is 3.89. The Morgan fingerprint density at radius 1 is 1.48 bits per heavy atom. The molecule has 6 nitrogen and oxygen atoms in total. The van der Waals surface area contributed by atoms with Crippen LogP contribution in [0.25, 0.3) is 0 Å². The Morgan fingerprint density at radius 3 is 3.13 bits per heavy atom. The van der Waals surface area contributed by atoms with Gasteiger partial charge in [0.05, 0.1) is 0 Å². The number of aryl methyl sites for hydroxylation is 1. The summed E-state index contributed by atoms with van der Waals surface area (Å²) in [5.74, 6) is 1.61. The summed E-state index contributed by atoms with van der Waals surface area (Å²) in [5, 5.41) is 7.01. The zero-order valence-electron chi connectivity index (χ0n) is 12.7. The molecule has 0 aromatic carbocycles. The number of carbonyl (C=O) groups is 1. The Kier molecular flexibility index (Phi) is 5.12. The Morgan fingerprint density at radius 2 is 2.39 bits per heavy atom. The average molecular weight is 335 g/mol. The van der Waals surface area contributed by atoms with Crippen LogP contribution in [0.5, 0.6) is 0 Å². The zero-order valence-corrected chi connectivity index (χ0v) is 13.5. The van der Waals surface area contributed by atoms with Crippen LogP contribution in [0.15, 0.2) is 35.0 Å². The number of nitrogens with zero attached hydrogens (tertiary/aromatic N) is 3. The largest absolute Gasteiger partial charge is 0.360 e. The number of nitrogens with one attached hydrogen (secondary N) is 1. The molecule has 3 rings (SSSR count). The molecule has 0 radical (unpaired) electrons. The molecule has 1 saturated heterocycles. The number of amides is 1. The van der Waals surface area contributed by atoms with Gasteiger partial charge in [0.1, 0.15) is 11.6 Å². The first-order chi connectivity index (χ1) is 11.2. The monoisotopic (exact) mass is 334 g/mol. The molecule has 23 heavy (non-hydrogen) atoms. The highest BCUT2D eigenvalue weighted by atomic mass is 35.5. The van der Waals surface area contributed by atoms with E-state index in [1.807, 2.05) is 18.2 Å². The minimum atomic E-state index is 0.0189. The number of halogens is 1. The number of hydrogen-bond donors (Lipinski definition) is 1. The van der Waals surface area contributed by atoms with Gasteiger partial charge in [0.2, 0.25) is 5.91 Å². The Labute approximate surface area is 139 Å². The van der Waals surface area contributed by atoms with Gasteiger partial charge in [-0.1, -0.05) is 22.8 Å². The highest BCUT2D eigenvalue weighted by molar-refractivity contribution is 6.29. The van der Waals surface area contributed by atoms with Crippen molar-refractivity contribution >= 4 is 23.3 Å². The lowest BCUT2D eigenvalue weighted by atomic mass is 10.1. The van der Waals surface area contributed by atoms with E-state index < -0.39 is 0 Å². The summed E-state index contributed by atoms with van der Waals surface area (Å²) >= 11 is 5.69. The summed E-state index contributed by atoms with van der Waals surface area (Å²) in [7, 11) is 0. The summed E-state index contributed by atoms with van der Waals surface area (Å²) in [6.45, 7) is 1.76. The molecule has 0 bridgehead atoms. The van der Waals surface area contributed by atoms with E-state index >= 15 is 0 Å². The number of carbonyl (C=O) groups excluding carboxylic acids is 1. The lowest BCUT2D eigenvalue weighted by Gasteiger charge is -2.34. The van der Waals surface area contributed by atoms with Crippen LogP contribution in [0.4, 0.5) is 5.82 Å². The zero-order chi connectivity index (χ0) is 16.1. The van der Waals surface area contributed by atoms with E-state index in [1.165, 1.54) is 0 Å². The van der Waals surface area contributed by atoms with Crippen molar-refractivity contribution in [3.8, 4) is 0 Å². The van der Waals surface area contributed by atoms with E-state index in [9.17, 15) is 4.79 Å². The molecule has 1 aliphatic heterocycles. The van der Waals surface area contributed by atoms with Crippen LogP contribution in [0.3, 0.4) is 0 Å². The van der Waals surface area contributed by atoms with Crippen molar-refractivity contribution in [3.05, 3.63) is 41.4 Å². The molecular formula is C16H19ClN4O2.